The Hall–Kier alpha value is -3.15. The molecule has 1 aromatic heterocycles. The SMILES string of the molecule is CCn1cnnc1CNC(=O)NC(CCc1ccccc1)c1ccccc1. The number of carbonyl (C=O) groups is 1. The van der Waals surface area contributed by atoms with Crippen molar-refractivity contribution in [1.82, 2.24) is 25.4 Å². The van der Waals surface area contributed by atoms with Crippen LogP contribution in [-0.2, 0) is 19.5 Å². The van der Waals surface area contributed by atoms with Crippen molar-refractivity contribution in [2.24, 2.45) is 0 Å². The molecule has 27 heavy (non-hydrogen) atoms. The van der Waals surface area contributed by atoms with Crippen LogP contribution in [-0.4, -0.2) is 20.8 Å². The van der Waals surface area contributed by atoms with Gasteiger partial charge in [-0.25, -0.2) is 4.79 Å². The zero-order valence-corrected chi connectivity index (χ0v) is 15.5. The maximum atomic E-state index is 12.5. The van der Waals surface area contributed by atoms with Gasteiger partial charge in [-0.2, -0.15) is 0 Å². The van der Waals surface area contributed by atoms with E-state index in [4.69, 9.17) is 0 Å². The van der Waals surface area contributed by atoms with E-state index in [1.54, 1.807) is 6.33 Å². The standard InChI is InChI=1S/C21H25N5O/c1-2-26-16-23-25-20(26)15-22-21(27)24-19(18-11-7-4-8-12-18)14-13-17-9-5-3-6-10-17/h3-12,16,19H,2,13-15H2,1H3,(H2,22,24,27). The number of hydrogen-bond acceptors (Lipinski definition) is 3. The summed E-state index contributed by atoms with van der Waals surface area (Å²) in [6.45, 7) is 3.14. The van der Waals surface area contributed by atoms with Crippen molar-refractivity contribution < 1.29 is 4.79 Å². The van der Waals surface area contributed by atoms with Crippen molar-refractivity contribution in [3.05, 3.63) is 83.9 Å². The molecule has 0 fully saturated rings. The van der Waals surface area contributed by atoms with Gasteiger partial charge in [-0.05, 0) is 30.9 Å². The Bertz CT molecular complexity index is 832. The van der Waals surface area contributed by atoms with E-state index in [-0.39, 0.29) is 12.1 Å². The van der Waals surface area contributed by atoms with Gasteiger partial charge in [-0.3, -0.25) is 0 Å². The van der Waals surface area contributed by atoms with Crippen LogP contribution in [0.5, 0.6) is 0 Å². The maximum Gasteiger partial charge on any atom is 0.315 e. The van der Waals surface area contributed by atoms with Crippen LogP contribution < -0.4 is 10.6 Å². The van der Waals surface area contributed by atoms with Crippen molar-refractivity contribution in [1.29, 1.82) is 0 Å². The van der Waals surface area contributed by atoms with Gasteiger partial charge in [0.25, 0.3) is 0 Å². The summed E-state index contributed by atoms with van der Waals surface area (Å²) in [6, 6.07) is 20.1. The molecule has 3 aromatic rings. The monoisotopic (exact) mass is 363 g/mol. The Morgan fingerprint density at radius 2 is 1.78 bits per heavy atom. The topological polar surface area (TPSA) is 71.8 Å². The molecular formula is C21H25N5O. The molecule has 0 spiro atoms. The highest BCUT2D eigenvalue weighted by Crippen LogP contribution is 2.19. The van der Waals surface area contributed by atoms with Gasteiger partial charge < -0.3 is 15.2 Å². The van der Waals surface area contributed by atoms with Crippen LogP contribution in [0.4, 0.5) is 4.79 Å². The number of nitrogens with zero attached hydrogens (tertiary/aromatic N) is 3. The lowest BCUT2D eigenvalue weighted by Gasteiger charge is -2.20. The second-order valence-corrected chi connectivity index (χ2v) is 6.35. The van der Waals surface area contributed by atoms with Gasteiger partial charge >= 0.3 is 6.03 Å². The zero-order chi connectivity index (χ0) is 18.9. The summed E-state index contributed by atoms with van der Waals surface area (Å²) in [5.74, 6) is 0.744. The van der Waals surface area contributed by atoms with E-state index >= 15 is 0 Å². The minimum atomic E-state index is -0.206. The minimum Gasteiger partial charge on any atom is -0.331 e. The number of benzene rings is 2. The smallest absolute Gasteiger partial charge is 0.315 e. The summed E-state index contributed by atoms with van der Waals surface area (Å²) < 4.78 is 1.91. The fourth-order valence-corrected chi connectivity index (χ4v) is 3.01. The lowest BCUT2D eigenvalue weighted by molar-refractivity contribution is 0.235. The van der Waals surface area contributed by atoms with Crippen molar-refractivity contribution in [3.8, 4) is 0 Å². The van der Waals surface area contributed by atoms with Crippen LogP contribution in [0.2, 0.25) is 0 Å². The normalized spacial score (nSPS) is 11.7. The Kier molecular flexibility index (Phi) is 6.57. The molecule has 3 rings (SSSR count). The van der Waals surface area contributed by atoms with Crippen LogP contribution >= 0.6 is 0 Å². The van der Waals surface area contributed by atoms with Gasteiger partial charge in [0.05, 0.1) is 12.6 Å². The summed E-state index contributed by atoms with van der Waals surface area (Å²) >= 11 is 0. The van der Waals surface area contributed by atoms with E-state index < -0.39 is 0 Å². The molecule has 140 valence electrons. The molecule has 0 bridgehead atoms. The summed E-state index contributed by atoms with van der Waals surface area (Å²) in [5, 5.41) is 13.9. The number of carbonyl (C=O) groups excluding carboxylic acids is 1. The third kappa shape index (κ3) is 5.41. The molecule has 2 amide bonds. The Balaban J connectivity index is 1.61. The number of nitrogens with one attached hydrogen (secondary N) is 2. The van der Waals surface area contributed by atoms with Gasteiger partial charge in [0.1, 0.15) is 6.33 Å². The van der Waals surface area contributed by atoms with E-state index in [2.05, 4.69) is 33.0 Å². The fourth-order valence-electron chi connectivity index (χ4n) is 3.01. The van der Waals surface area contributed by atoms with E-state index in [0.29, 0.717) is 6.54 Å². The average Bonchev–Trinajstić information content (AvgIpc) is 3.18. The fraction of sp³-hybridized carbons (Fsp3) is 0.286. The van der Waals surface area contributed by atoms with Gasteiger partial charge in [0.2, 0.25) is 0 Å². The second kappa shape index (κ2) is 9.52. The van der Waals surface area contributed by atoms with Crippen molar-refractivity contribution in [2.45, 2.75) is 38.9 Å². The highest BCUT2D eigenvalue weighted by molar-refractivity contribution is 5.74. The zero-order valence-electron chi connectivity index (χ0n) is 15.5. The molecule has 0 aliphatic rings. The first-order chi connectivity index (χ1) is 13.3. The van der Waals surface area contributed by atoms with E-state index in [9.17, 15) is 4.79 Å². The largest absolute Gasteiger partial charge is 0.331 e. The third-order valence-corrected chi connectivity index (χ3v) is 4.52. The Labute approximate surface area is 159 Å². The molecule has 0 radical (unpaired) electrons. The van der Waals surface area contributed by atoms with E-state index in [1.807, 2.05) is 60.0 Å². The molecule has 2 N–H and O–H groups in total. The summed E-state index contributed by atoms with van der Waals surface area (Å²) in [7, 11) is 0. The molecule has 0 saturated heterocycles. The molecule has 1 unspecified atom stereocenters. The molecule has 1 heterocycles. The van der Waals surface area contributed by atoms with E-state index in [1.165, 1.54) is 5.56 Å². The van der Waals surface area contributed by atoms with Gasteiger partial charge in [-0.1, -0.05) is 60.7 Å². The molecule has 0 aliphatic carbocycles. The van der Waals surface area contributed by atoms with Crippen molar-refractivity contribution in [2.75, 3.05) is 0 Å². The van der Waals surface area contributed by atoms with Gasteiger partial charge in [-0.15, -0.1) is 10.2 Å². The lowest BCUT2D eigenvalue weighted by atomic mass is 9.99. The number of amides is 2. The predicted octanol–water partition coefficient (Wildman–Crippen LogP) is 3.47. The Morgan fingerprint density at radius 1 is 1.07 bits per heavy atom. The first kappa shape index (κ1) is 18.6. The summed E-state index contributed by atoms with van der Waals surface area (Å²) in [6.07, 6.45) is 3.39. The molecule has 0 saturated carbocycles. The highest BCUT2D eigenvalue weighted by Gasteiger charge is 2.15. The van der Waals surface area contributed by atoms with Gasteiger partial charge in [0.15, 0.2) is 5.82 Å². The van der Waals surface area contributed by atoms with Crippen LogP contribution in [0.3, 0.4) is 0 Å². The molecule has 2 aromatic carbocycles. The quantitative estimate of drug-likeness (QED) is 0.644. The Morgan fingerprint density at radius 3 is 2.48 bits per heavy atom. The van der Waals surface area contributed by atoms with Crippen LogP contribution in [0.25, 0.3) is 0 Å². The maximum absolute atomic E-state index is 12.5. The minimum absolute atomic E-state index is 0.0598. The van der Waals surface area contributed by atoms with Crippen molar-refractivity contribution >= 4 is 6.03 Å². The van der Waals surface area contributed by atoms with Crippen LogP contribution in [0.15, 0.2) is 67.0 Å². The summed E-state index contributed by atoms with van der Waals surface area (Å²) in [5.41, 5.74) is 2.36. The van der Waals surface area contributed by atoms with Gasteiger partial charge in [0, 0.05) is 6.54 Å². The second-order valence-electron chi connectivity index (χ2n) is 6.35. The molecular weight excluding hydrogens is 338 g/mol. The molecule has 6 heteroatoms. The first-order valence-electron chi connectivity index (χ1n) is 9.26. The lowest BCUT2D eigenvalue weighted by Crippen LogP contribution is -2.38. The highest BCUT2D eigenvalue weighted by atomic mass is 16.2. The number of aromatic nitrogens is 3. The molecule has 1 atom stereocenters. The van der Waals surface area contributed by atoms with Crippen LogP contribution in [0, 0.1) is 0 Å². The average molecular weight is 363 g/mol. The first-order valence-corrected chi connectivity index (χ1v) is 9.26. The van der Waals surface area contributed by atoms with Crippen LogP contribution in [0.1, 0.15) is 36.3 Å². The number of hydrogen-bond donors (Lipinski definition) is 2. The molecule has 6 nitrogen and oxygen atoms in total. The summed E-state index contributed by atoms with van der Waals surface area (Å²) in [4.78, 5) is 12.5. The number of urea groups is 1. The van der Waals surface area contributed by atoms with E-state index in [0.717, 1.165) is 30.8 Å². The molecule has 0 aliphatic heterocycles. The number of rotatable bonds is 8. The predicted molar refractivity (Wildman–Crippen MR) is 105 cm³/mol. The number of aryl methyl sites for hydroxylation is 2. The third-order valence-electron chi connectivity index (χ3n) is 4.52. The van der Waals surface area contributed by atoms with Crippen molar-refractivity contribution in [3.63, 3.8) is 0 Å².